The molecule has 6 heteroatoms. The minimum atomic E-state index is -0.480. The maximum absolute atomic E-state index is 12.1. The van der Waals surface area contributed by atoms with Crippen molar-refractivity contribution in [3.05, 3.63) is 59.9 Å². The van der Waals surface area contributed by atoms with E-state index < -0.39 is 6.03 Å². The van der Waals surface area contributed by atoms with Gasteiger partial charge in [0.15, 0.2) is 0 Å². The standard InChI is InChI=1S/C17H20N4O2/c1-18-17(23)19-15(22)12-21-11-10-20-9-5-8-14(20)16(21)13-6-3-2-4-7-13/h2-9,16H,10-12H2,1H3,(H2,18,19,22,23). The molecule has 6 nitrogen and oxygen atoms in total. The van der Waals surface area contributed by atoms with Crippen molar-refractivity contribution in [1.29, 1.82) is 0 Å². The lowest BCUT2D eigenvalue weighted by atomic mass is 10.00. The van der Waals surface area contributed by atoms with Gasteiger partial charge in [-0.05, 0) is 17.7 Å². The topological polar surface area (TPSA) is 66.4 Å². The van der Waals surface area contributed by atoms with Crippen molar-refractivity contribution < 1.29 is 9.59 Å². The fraction of sp³-hybridized carbons (Fsp3) is 0.294. The van der Waals surface area contributed by atoms with E-state index in [0.717, 1.165) is 24.3 Å². The van der Waals surface area contributed by atoms with Gasteiger partial charge in [-0.1, -0.05) is 30.3 Å². The molecule has 2 aromatic rings. The lowest BCUT2D eigenvalue weighted by molar-refractivity contribution is -0.121. The summed E-state index contributed by atoms with van der Waals surface area (Å²) in [7, 11) is 1.49. The Morgan fingerprint density at radius 1 is 1.13 bits per heavy atom. The first kappa shape index (κ1) is 15.3. The molecule has 1 atom stereocenters. The van der Waals surface area contributed by atoms with E-state index >= 15 is 0 Å². The lowest BCUT2D eigenvalue weighted by Crippen LogP contribution is -2.47. The number of hydrogen-bond acceptors (Lipinski definition) is 3. The van der Waals surface area contributed by atoms with E-state index in [4.69, 9.17) is 0 Å². The second-order valence-electron chi connectivity index (χ2n) is 5.54. The summed E-state index contributed by atoms with van der Waals surface area (Å²) >= 11 is 0. The molecule has 1 aromatic carbocycles. The third-order valence-corrected chi connectivity index (χ3v) is 4.08. The van der Waals surface area contributed by atoms with Gasteiger partial charge in [-0.25, -0.2) is 4.79 Å². The molecule has 1 aliphatic heterocycles. The fourth-order valence-electron chi connectivity index (χ4n) is 3.03. The average molecular weight is 312 g/mol. The van der Waals surface area contributed by atoms with Crippen LogP contribution in [0.3, 0.4) is 0 Å². The van der Waals surface area contributed by atoms with E-state index in [0.29, 0.717) is 0 Å². The van der Waals surface area contributed by atoms with Crippen molar-refractivity contribution in [3.63, 3.8) is 0 Å². The number of nitrogens with zero attached hydrogens (tertiary/aromatic N) is 2. The zero-order chi connectivity index (χ0) is 16.2. The van der Waals surface area contributed by atoms with Gasteiger partial charge in [-0.15, -0.1) is 0 Å². The van der Waals surface area contributed by atoms with Gasteiger partial charge >= 0.3 is 6.03 Å². The summed E-state index contributed by atoms with van der Waals surface area (Å²) in [6.45, 7) is 1.76. The first-order valence-corrected chi connectivity index (χ1v) is 7.64. The van der Waals surface area contributed by atoms with Crippen LogP contribution in [0.5, 0.6) is 0 Å². The Morgan fingerprint density at radius 2 is 1.91 bits per heavy atom. The largest absolute Gasteiger partial charge is 0.348 e. The second-order valence-corrected chi connectivity index (χ2v) is 5.54. The molecule has 1 unspecified atom stereocenters. The number of rotatable bonds is 3. The lowest BCUT2D eigenvalue weighted by Gasteiger charge is -2.36. The van der Waals surface area contributed by atoms with Crippen molar-refractivity contribution in [2.45, 2.75) is 12.6 Å². The van der Waals surface area contributed by atoms with Crippen LogP contribution in [0.4, 0.5) is 4.79 Å². The molecule has 0 bridgehead atoms. The highest BCUT2D eigenvalue weighted by Gasteiger charge is 2.30. The molecule has 3 amide bonds. The Hall–Kier alpha value is -2.60. The van der Waals surface area contributed by atoms with Crippen LogP contribution in [0.2, 0.25) is 0 Å². The molecule has 120 valence electrons. The van der Waals surface area contributed by atoms with Gasteiger partial charge < -0.3 is 9.88 Å². The van der Waals surface area contributed by atoms with Crippen LogP contribution in [0.15, 0.2) is 48.7 Å². The van der Waals surface area contributed by atoms with E-state index in [-0.39, 0.29) is 18.5 Å². The molecule has 0 spiro atoms. The Morgan fingerprint density at radius 3 is 2.65 bits per heavy atom. The molecular formula is C17H20N4O2. The van der Waals surface area contributed by atoms with E-state index in [2.05, 4.69) is 44.5 Å². The van der Waals surface area contributed by atoms with Crippen LogP contribution in [0, 0.1) is 0 Å². The molecule has 1 aliphatic rings. The van der Waals surface area contributed by atoms with Gasteiger partial charge in [-0.3, -0.25) is 15.0 Å². The molecule has 1 aromatic heterocycles. The average Bonchev–Trinajstić information content (AvgIpc) is 3.03. The Labute approximate surface area is 135 Å². The van der Waals surface area contributed by atoms with E-state index in [1.807, 2.05) is 24.3 Å². The SMILES string of the molecule is CNC(=O)NC(=O)CN1CCn2cccc2C1c1ccccc1. The number of fused-ring (bicyclic) bond motifs is 1. The van der Waals surface area contributed by atoms with Crippen LogP contribution in [0.25, 0.3) is 0 Å². The first-order chi connectivity index (χ1) is 11.2. The maximum Gasteiger partial charge on any atom is 0.321 e. The summed E-state index contributed by atoms with van der Waals surface area (Å²) in [5.41, 5.74) is 2.30. The molecule has 0 aliphatic carbocycles. The number of carbonyl (C=O) groups excluding carboxylic acids is 2. The normalized spacial score (nSPS) is 17.3. The van der Waals surface area contributed by atoms with E-state index in [9.17, 15) is 9.59 Å². The Bertz CT molecular complexity index is 696. The van der Waals surface area contributed by atoms with Crippen molar-refractivity contribution in [2.24, 2.45) is 0 Å². The third kappa shape index (κ3) is 3.27. The van der Waals surface area contributed by atoms with Gasteiger partial charge in [0.2, 0.25) is 5.91 Å². The highest BCUT2D eigenvalue weighted by atomic mass is 16.2. The predicted octanol–water partition coefficient (Wildman–Crippen LogP) is 1.35. The molecule has 2 heterocycles. The van der Waals surface area contributed by atoms with E-state index in [1.165, 1.54) is 7.05 Å². The van der Waals surface area contributed by atoms with Crippen LogP contribution in [-0.4, -0.2) is 41.5 Å². The summed E-state index contributed by atoms with van der Waals surface area (Å²) in [6, 6.07) is 13.8. The van der Waals surface area contributed by atoms with Crippen LogP contribution in [0.1, 0.15) is 17.3 Å². The minimum absolute atomic E-state index is 0.00962. The van der Waals surface area contributed by atoms with E-state index in [1.54, 1.807) is 0 Å². The molecular weight excluding hydrogens is 292 g/mol. The zero-order valence-corrected chi connectivity index (χ0v) is 13.0. The van der Waals surface area contributed by atoms with Crippen molar-refractivity contribution >= 4 is 11.9 Å². The highest BCUT2D eigenvalue weighted by Crippen LogP contribution is 2.31. The molecule has 3 rings (SSSR count). The Kier molecular flexibility index (Phi) is 4.43. The smallest absolute Gasteiger partial charge is 0.321 e. The summed E-state index contributed by atoms with van der Waals surface area (Å²) in [6.07, 6.45) is 2.06. The van der Waals surface area contributed by atoms with Crippen molar-refractivity contribution in [3.8, 4) is 0 Å². The van der Waals surface area contributed by atoms with Gasteiger partial charge in [0.05, 0.1) is 12.6 Å². The van der Waals surface area contributed by atoms with Crippen LogP contribution >= 0.6 is 0 Å². The first-order valence-electron chi connectivity index (χ1n) is 7.64. The zero-order valence-electron chi connectivity index (χ0n) is 13.0. The number of benzene rings is 1. The molecule has 23 heavy (non-hydrogen) atoms. The number of carbonyl (C=O) groups is 2. The fourth-order valence-corrected chi connectivity index (χ4v) is 3.03. The number of hydrogen-bond donors (Lipinski definition) is 2. The second kappa shape index (κ2) is 6.66. The van der Waals surface area contributed by atoms with Gasteiger partial charge in [-0.2, -0.15) is 0 Å². The molecule has 0 radical (unpaired) electrons. The van der Waals surface area contributed by atoms with Gasteiger partial charge in [0, 0.05) is 32.0 Å². The number of urea groups is 1. The quantitative estimate of drug-likeness (QED) is 0.899. The molecule has 2 N–H and O–H groups in total. The third-order valence-electron chi connectivity index (χ3n) is 4.08. The monoisotopic (exact) mass is 312 g/mol. The number of nitrogens with one attached hydrogen (secondary N) is 2. The molecule has 0 saturated heterocycles. The highest BCUT2D eigenvalue weighted by molar-refractivity contribution is 5.95. The van der Waals surface area contributed by atoms with Gasteiger partial charge in [0.25, 0.3) is 0 Å². The summed E-state index contributed by atoms with van der Waals surface area (Å²) in [5, 5.41) is 4.72. The number of imide groups is 1. The number of aromatic nitrogens is 1. The maximum atomic E-state index is 12.1. The van der Waals surface area contributed by atoms with Crippen molar-refractivity contribution in [2.75, 3.05) is 20.1 Å². The predicted molar refractivity (Wildman–Crippen MR) is 86.9 cm³/mol. The molecule has 0 saturated carbocycles. The number of amides is 3. The van der Waals surface area contributed by atoms with Crippen molar-refractivity contribution in [1.82, 2.24) is 20.1 Å². The van der Waals surface area contributed by atoms with Gasteiger partial charge in [0.1, 0.15) is 0 Å². The van der Waals surface area contributed by atoms with Crippen LogP contribution < -0.4 is 10.6 Å². The van der Waals surface area contributed by atoms with Crippen LogP contribution in [-0.2, 0) is 11.3 Å². The molecule has 0 fully saturated rings. The summed E-state index contributed by atoms with van der Waals surface area (Å²) in [4.78, 5) is 25.5. The summed E-state index contributed by atoms with van der Waals surface area (Å²) in [5.74, 6) is -0.301. The summed E-state index contributed by atoms with van der Waals surface area (Å²) < 4.78 is 2.21. The minimum Gasteiger partial charge on any atom is -0.348 e. The Balaban J connectivity index is 1.84.